The molecule has 0 radical (unpaired) electrons. The van der Waals surface area contributed by atoms with Crippen LogP contribution in [0, 0.1) is 5.82 Å². The Balaban J connectivity index is 2.35. The molecule has 2 heterocycles. The summed E-state index contributed by atoms with van der Waals surface area (Å²) in [6.45, 7) is 5.84. The van der Waals surface area contributed by atoms with E-state index in [1.807, 2.05) is 6.20 Å². The second kappa shape index (κ2) is 6.43. The Hall–Kier alpha value is -1.75. The molecule has 0 saturated carbocycles. The smallest absolute Gasteiger partial charge is 0.141 e. The first-order chi connectivity index (χ1) is 9.26. The van der Waals surface area contributed by atoms with Gasteiger partial charge in [-0.2, -0.15) is 0 Å². The fourth-order valence-electron chi connectivity index (χ4n) is 2.08. The van der Waals surface area contributed by atoms with Gasteiger partial charge < -0.3 is 9.88 Å². The van der Waals surface area contributed by atoms with Gasteiger partial charge in [0.25, 0.3) is 0 Å². The number of halogens is 1. The van der Waals surface area contributed by atoms with Crippen LogP contribution in [0.3, 0.4) is 0 Å². The normalized spacial score (nSPS) is 12.6. The van der Waals surface area contributed by atoms with Crippen molar-refractivity contribution in [3.63, 3.8) is 0 Å². The zero-order chi connectivity index (χ0) is 13.7. The molecule has 0 bridgehead atoms. The predicted octanol–water partition coefficient (Wildman–Crippen LogP) is 2.53. The van der Waals surface area contributed by atoms with Gasteiger partial charge in [-0.05, 0) is 31.5 Å². The molecule has 1 unspecified atom stereocenters. The topological polar surface area (TPSA) is 42.7 Å². The maximum Gasteiger partial charge on any atom is 0.141 e. The van der Waals surface area contributed by atoms with Crippen molar-refractivity contribution in [1.82, 2.24) is 19.9 Å². The summed E-state index contributed by atoms with van der Waals surface area (Å²) in [5, 5.41) is 3.40. The highest BCUT2D eigenvalue weighted by Gasteiger charge is 2.18. The molecule has 2 aromatic rings. The van der Waals surface area contributed by atoms with Crippen LogP contribution in [-0.2, 0) is 6.54 Å². The molecule has 1 N–H and O–H groups in total. The molecule has 0 saturated heterocycles. The van der Waals surface area contributed by atoms with E-state index < -0.39 is 0 Å². The molecule has 0 fully saturated rings. The molecule has 1 atom stereocenters. The van der Waals surface area contributed by atoms with E-state index in [-0.39, 0.29) is 11.9 Å². The fraction of sp³-hybridized carbons (Fsp3) is 0.429. The quantitative estimate of drug-likeness (QED) is 0.870. The Morgan fingerprint density at radius 2 is 2.21 bits per heavy atom. The molecule has 2 rings (SSSR count). The first-order valence-electron chi connectivity index (χ1n) is 6.61. The molecule has 0 aliphatic rings. The minimum absolute atomic E-state index is 0.127. The molecule has 5 heteroatoms. The molecule has 0 aliphatic heterocycles. The standard InChI is InChI=1S/C14H19FN4/c1-3-5-17-13(11-8-12(15)10-16-9-11)14-18-6-7-19(14)4-2/h6-10,13,17H,3-5H2,1-2H3. The highest BCUT2D eigenvalue weighted by atomic mass is 19.1. The summed E-state index contributed by atoms with van der Waals surface area (Å²) in [6.07, 6.45) is 7.61. The van der Waals surface area contributed by atoms with Crippen LogP contribution in [0.15, 0.2) is 30.9 Å². The number of pyridine rings is 1. The number of nitrogens with one attached hydrogen (secondary N) is 1. The highest BCUT2D eigenvalue weighted by Crippen LogP contribution is 2.20. The molecule has 0 aliphatic carbocycles. The average molecular weight is 262 g/mol. The lowest BCUT2D eigenvalue weighted by Crippen LogP contribution is -2.26. The third-order valence-corrected chi connectivity index (χ3v) is 3.00. The SMILES string of the molecule is CCCNC(c1cncc(F)c1)c1nccn1CC. The molecule has 19 heavy (non-hydrogen) atoms. The third-order valence-electron chi connectivity index (χ3n) is 3.00. The van der Waals surface area contributed by atoms with Crippen LogP contribution in [-0.4, -0.2) is 21.1 Å². The summed E-state index contributed by atoms with van der Waals surface area (Å²) in [4.78, 5) is 8.32. The summed E-state index contributed by atoms with van der Waals surface area (Å²) in [5.41, 5.74) is 0.800. The van der Waals surface area contributed by atoms with Gasteiger partial charge in [0.2, 0.25) is 0 Å². The molecular formula is C14H19FN4. The zero-order valence-electron chi connectivity index (χ0n) is 11.3. The van der Waals surface area contributed by atoms with Crippen LogP contribution < -0.4 is 5.32 Å². The summed E-state index contributed by atoms with van der Waals surface area (Å²) in [5.74, 6) is 0.568. The zero-order valence-corrected chi connectivity index (χ0v) is 11.3. The van der Waals surface area contributed by atoms with Crippen LogP contribution in [0.5, 0.6) is 0 Å². The number of rotatable bonds is 6. The first-order valence-corrected chi connectivity index (χ1v) is 6.61. The number of aryl methyl sites for hydroxylation is 1. The minimum atomic E-state index is -0.324. The Morgan fingerprint density at radius 1 is 1.37 bits per heavy atom. The average Bonchev–Trinajstić information content (AvgIpc) is 2.88. The van der Waals surface area contributed by atoms with Crippen molar-refractivity contribution < 1.29 is 4.39 Å². The molecule has 2 aromatic heterocycles. The lowest BCUT2D eigenvalue weighted by Gasteiger charge is -2.19. The van der Waals surface area contributed by atoms with E-state index in [9.17, 15) is 4.39 Å². The fourth-order valence-corrected chi connectivity index (χ4v) is 2.08. The Bertz CT molecular complexity index is 524. The van der Waals surface area contributed by atoms with Crippen molar-refractivity contribution in [3.05, 3.63) is 48.1 Å². The molecular weight excluding hydrogens is 243 g/mol. The number of aromatic nitrogens is 3. The number of nitrogens with zero attached hydrogens (tertiary/aromatic N) is 3. The second-order valence-corrected chi connectivity index (χ2v) is 4.40. The van der Waals surface area contributed by atoms with Crippen molar-refractivity contribution in [1.29, 1.82) is 0 Å². The summed E-state index contributed by atoms with van der Waals surface area (Å²) in [7, 11) is 0. The Labute approximate surface area is 112 Å². The van der Waals surface area contributed by atoms with Gasteiger partial charge in [-0.1, -0.05) is 6.92 Å². The van der Waals surface area contributed by atoms with Gasteiger partial charge in [-0.25, -0.2) is 9.37 Å². The van der Waals surface area contributed by atoms with E-state index in [1.54, 1.807) is 12.4 Å². The molecule has 102 valence electrons. The van der Waals surface area contributed by atoms with E-state index in [0.717, 1.165) is 30.9 Å². The largest absolute Gasteiger partial charge is 0.334 e. The molecule has 0 spiro atoms. The lowest BCUT2D eigenvalue weighted by atomic mass is 10.1. The highest BCUT2D eigenvalue weighted by molar-refractivity contribution is 5.22. The summed E-state index contributed by atoms with van der Waals surface area (Å²) in [6, 6.07) is 1.38. The van der Waals surface area contributed by atoms with E-state index >= 15 is 0 Å². The van der Waals surface area contributed by atoms with Gasteiger partial charge in [0.15, 0.2) is 0 Å². The van der Waals surface area contributed by atoms with Gasteiger partial charge in [0, 0.05) is 25.1 Å². The molecule has 0 amide bonds. The number of hydrogen-bond donors (Lipinski definition) is 1. The monoisotopic (exact) mass is 262 g/mol. The van der Waals surface area contributed by atoms with Gasteiger partial charge in [0.1, 0.15) is 11.6 Å². The summed E-state index contributed by atoms with van der Waals surface area (Å²) >= 11 is 0. The van der Waals surface area contributed by atoms with Crippen LogP contribution in [0.4, 0.5) is 4.39 Å². The maximum atomic E-state index is 13.4. The second-order valence-electron chi connectivity index (χ2n) is 4.40. The predicted molar refractivity (Wildman–Crippen MR) is 72.2 cm³/mol. The van der Waals surface area contributed by atoms with Gasteiger partial charge >= 0.3 is 0 Å². The summed E-state index contributed by atoms with van der Waals surface area (Å²) < 4.78 is 15.4. The van der Waals surface area contributed by atoms with Crippen LogP contribution >= 0.6 is 0 Å². The third kappa shape index (κ3) is 3.17. The van der Waals surface area contributed by atoms with Gasteiger partial charge in [-0.3, -0.25) is 4.98 Å². The van der Waals surface area contributed by atoms with Crippen LogP contribution in [0.2, 0.25) is 0 Å². The lowest BCUT2D eigenvalue weighted by molar-refractivity contribution is 0.534. The van der Waals surface area contributed by atoms with E-state index in [1.165, 1.54) is 12.3 Å². The number of imidazole rings is 1. The van der Waals surface area contributed by atoms with Crippen molar-refractivity contribution in [2.45, 2.75) is 32.9 Å². The van der Waals surface area contributed by atoms with Crippen LogP contribution in [0.25, 0.3) is 0 Å². The molecule has 0 aromatic carbocycles. The van der Waals surface area contributed by atoms with Gasteiger partial charge in [-0.15, -0.1) is 0 Å². The number of hydrogen-bond acceptors (Lipinski definition) is 3. The molecule has 4 nitrogen and oxygen atoms in total. The van der Waals surface area contributed by atoms with Gasteiger partial charge in [0.05, 0.1) is 12.2 Å². The Morgan fingerprint density at radius 3 is 2.89 bits per heavy atom. The van der Waals surface area contributed by atoms with Crippen molar-refractivity contribution >= 4 is 0 Å². The van der Waals surface area contributed by atoms with Crippen molar-refractivity contribution in [2.24, 2.45) is 0 Å². The first kappa shape index (κ1) is 13.7. The van der Waals surface area contributed by atoms with Crippen LogP contribution in [0.1, 0.15) is 37.7 Å². The van der Waals surface area contributed by atoms with Crippen molar-refractivity contribution in [3.8, 4) is 0 Å². The Kier molecular flexibility index (Phi) is 4.63. The van der Waals surface area contributed by atoms with E-state index in [4.69, 9.17) is 0 Å². The maximum absolute atomic E-state index is 13.4. The van der Waals surface area contributed by atoms with E-state index in [2.05, 4.69) is 33.7 Å². The van der Waals surface area contributed by atoms with Crippen molar-refractivity contribution in [2.75, 3.05) is 6.54 Å². The van der Waals surface area contributed by atoms with E-state index in [0.29, 0.717) is 0 Å². The minimum Gasteiger partial charge on any atom is -0.334 e.